The van der Waals surface area contributed by atoms with Gasteiger partial charge in [-0.1, -0.05) is 18.7 Å². The van der Waals surface area contributed by atoms with Gasteiger partial charge in [-0.15, -0.1) is 0 Å². The zero-order valence-electron chi connectivity index (χ0n) is 16.4. The van der Waals surface area contributed by atoms with E-state index in [0.717, 1.165) is 16.7 Å². The predicted octanol–water partition coefficient (Wildman–Crippen LogP) is 2.45. The molecule has 29 heavy (non-hydrogen) atoms. The van der Waals surface area contributed by atoms with Gasteiger partial charge in [0, 0.05) is 13.7 Å². The Kier molecular flexibility index (Phi) is 8.75. The maximum Gasteiger partial charge on any atom is 0.294 e. The molecule has 0 spiro atoms. The Bertz CT molecular complexity index is 808. The molecule has 1 N–H and O–H groups in total. The van der Waals surface area contributed by atoms with Gasteiger partial charge >= 0.3 is 0 Å². The van der Waals surface area contributed by atoms with E-state index >= 15 is 0 Å². The lowest BCUT2D eigenvalue weighted by atomic mass is 10.2. The molecule has 9 heteroatoms. The number of hydrogen-bond acceptors (Lipinski definition) is 7. The predicted molar refractivity (Wildman–Crippen MR) is 111 cm³/mol. The highest BCUT2D eigenvalue weighted by atomic mass is 32.2. The molecular formula is C20H24N2O6S. The van der Waals surface area contributed by atoms with E-state index in [1.165, 1.54) is 7.11 Å². The highest BCUT2D eigenvalue weighted by molar-refractivity contribution is 8.18. The van der Waals surface area contributed by atoms with Gasteiger partial charge in [-0.05, 0) is 42.5 Å². The number of carbonyl (C=O) groups is 3. The molecular weight excluding hydrogens is 396 g/mol. The third-order valence-corrected chi connectivity index (χ3v) is 4.63. The molecule has 0 saturated carbocycles. The third-order valence-electron chi connectivity index (χ3n) is 3.73. The van der Waals surface area contributed by atoms with Gasteiger partial charge in [-0.2, -0.15) is 0 Å². The molecule has 3 amide bonds. The summed E-state index contributed by atoms with van der Waals surface area (Å²) in [6.07, 6.45) is 3.22. The highest BCUT2D eigenvalue weighted by Crippen LogP contribution is 2.34. The van der Waals surface area contributed by atoms with E-state index in [1.54, 1.807) is 30.4 Å². The van der Waals surface area contributed by atoms with E-state index in [1.807, 2.05) is 6.92 Å². The lowest BCUT2D eigenvalue weighted by molar-refractivity contribution is -0.129. The molecule has 8 nitrogen and oxygen atoms in total. The molecule has 1 heterocycles. The summed E-state index contributed by atoms with van der Waals surface area (Å²) in [5.74, 6) is 0.157. The van der Waals surface area contributed by atoms with Crippen molar-refractivity contribution in [2.24, 2.45) is 0 Å². The van der Waals surface area contributed by atoms with Crippen molar-refractivity contribution in [3.63, 3.8) is 0 Å². The number of nitrogens with one attached hydrogen (secondary N) is 1. The van der Waals surface area contributed by atoms with Crippen LogP contribution in [0, 0.1) is 0 Å². The van der Waals surface area contributed by atoms with Crippen molar-refractivity contribution in [1.82, 2.24) is 10.2 Å². The smallest absolute Gasteiger partial charge is 0.294 e. The summed E-state index contributed by atoms with van der Waals surface area (Å²) in [6, 6.07) is 5.22. The van der Waals surface area contributed by atoms with Crippen LogP contribution in [0.4, 0.5) is 4.79 Å². The number of hydrogen-bond donors (Lipinski definition) is 1. The average molecular weight is 420 g/mol. The quantitative estimate of drug-likeness (QED) is 0.334. The maximum absolute atomic E-state index is 12.5. The van der Waals surface area contributed by atoms with Gasteiger partial charge in [-0.25, -0.2) is 0 Å². The number of amides is 3. The topological polar surface area (TPSA) is 94.2 Å². The van der Waals surface area contributed by atoms with E-state index in [-0.39, 0.29) is 11.4 Å². The molecule has 0 atom stereocenters. The van der Waals surface area contributed by atoms with Crippen LogP contribution in [0.2, 0.25) is 0 Å². The Morgan fingerprint density at radius 1 is 1.28 bits per heavy atom. The number of methoxy groups -OCH3 is 1. The minimum atomic E-state index is -0.508. The summed E-state index contributed by atoms with van der Waals surface area (Å²) < 4.78 is 16.0. The molecule has 1 aliphatic heterocycles. The molecule has 1 saturated heterocycles. The van der Waals surface area contributed by atoms with Crippen LogP contribution in [0.5, 0.6) is 11.5 Å². The van der Waals surface area contributed by atoms with E-state index in [4.69, 9.17) is 14.2 Å². The molecule has 0 radical (unpaired) electrons. The lowest BCUT2D eigenvalue weighted by Gasteiger charge is -2.12. The van der Waals surface area contributed by atoms with Crippen molar-refractivity contribution >= 4 is 34.9 Å². The summed E-state index contributed by atoms with van der Waals surface area (Å²) in [7, 11) is 1.52. The zero-order chi connectivity index (χ0) is 21.2. The van der Waals surface area contributed by atoms with Crippen molar-refractivity contribution in [2.45, 2.75) is 6.92 Å². The largest absolute Gasteiger partial charge is 0.490 e. The Hall–Kier alpha value is -2.78. The van der Waals surface area contributed by atoms with E-state index < -0.39 is 17.1 Å². The summed E-state index contributed by atoms with van der Waals surface area (Å²) >= 11 is 0.793. The van der Waals surface area contributed by atoms with E-state index in [9.17, 15) is 14.4 Å². The number of nitrogens with zero attached hydrogens (tertiary/aromatic N) is 1. The molecule has 0 bridgehead atoms. The number of imide groups is 1. The average Bonchev–Trinajstić information content (AvgIpc) is 2.95. The molecule has 2 rings (SSSR count). The number of benzene rings is 1. The molecule has 0 aromatic heterocycles. The van der Waals surface area contributed by atoms with Gasteiger partial charge in [-0.3, -0.25) is 19.3 Å². The normalized spacial score (nSPS) is 15.0. The van der Waals surface area contributed by atoms with Crippen molar-refractivity contribution in [1.29, 1.82) is 0 Å². The number of carbonyl (C=O) groups excluding carboxylic acids is 3. The molecule has 1 aromatic rings. The standard InChI is InChI=1S/C20H24N2O6S/c1-4-9-28-15-7-6-14(11-16(15)27-5-2)12-17-19(24)22(20(25)29-17)13-18(23)21-8-10-26-3/h4,6-7,11-12H,1,5,8-10,13H2,2-3H3,(H,21,23)/b17-12-. The Balaban J connectivity index is 2.12. The second kappa shape index (κ2) is 11.3. The number of ether oxygens (including phenoxy) is 3. The first-order valence-electron chi connectivity index (χ1n) is 9.01. The Labute approximate surface area is 173 Å². The fourth-order valence-corrected chi connectivity index (χ4v) is 3.27. The van der Waals surface area contributed by atoms with Gasteiger partial charge in [0.05, 0.1) is 18.1 Å². The van der Waals surface area contributed by atoms with Crippen LogP contribution >= 0.6 is 11.8 Å². The van der Waals surface area contributed by atoms with Gasteiger partial charge in [0.2, 0.25) is 5.91 Å². The van der Waals surface area contributed by atoms with Crippen molar-refractivity contribution in [3.05, 3.63) is 41.3 Å². The highest BCUT2D eigenvalue weighted by Gasteiger charge is 2.36. The fourth-order valence-electron chi connectivity index (χ4n) is 2.43. The first kappa shape index (κ1) is 22.5. The SMILES string of the molecule is C=CCOc1ccc(/C=C2\SC(=O)N(CC(=O)NCCOC)C2=O)cc1OCC. The van der Waals surface area contributed by atoms with Crippen LogP contribution in [-0.4, -0.2) is 62.0 Å². The minimum Gasteiger partial charge on any atom is -0.490 e. The van der Waals surface area contributed by atoms with Crippen LogP contribution in [0.1, 0.15) is 12.5 Å². The van der Waals surface area contributed by atoms with Crippen LogP contribution in [0.3, 0.4) is 0 Å². The Morgan fingerprint density at radius 3 is 2.76 bits per heavy atom. The molecule has 1 aliphatic rings. The van der Waals surface area contributed by atoms with Crippen LogP contribution < -0.4 is 14.8 Å². The minimum absolute atomic E-state index is 0.238. The second-order valence-corrected chi connectivity index (χ2v) is 6.84. The molecule has 156 valence electrons. The van der Waals surface area contributed by atoms with Gasteiger partial charge < -0.3 is 19.5 Å². The van der Waals surface area contributed by atoms with Crippen molar-refractivity contribution in [3.8, 4) is 11.5 Å². The first-order valence-corrected chi connectivity index (χ1v) is 9.83. The monoisotopic (exact) mass is 420 g/mol. The van der Waals surface area contributed by atoms with E-state index in [0.29, 0.717) is 43.4 Å². The van der Waals surface area contributed by atoms with Crippen LogP contribution in [0.25, 0.3) is 6.08 Å². The van der Waals surface area contributed by atoms with Gasteiger partial charge in [0.15, 0.2) is 11.5 Å². The number of rotatable bonds is 11. The second-order valence-electron chi connectivity index (χ2n) is 5.85. The summed E-state index contributed by atoms with van der Waals surface area (Å²) in [4.78, 5) is 37.8. The van der Waals surface area contributed by atoms with Crippen LogP contribution in [-0.2, 0) is 14.3 Å². The lowest BCUT2D eigenvalue weighted by Crippen LogP contribution is -2.40. The van der Waals surface area contributed by atoms with Crippen LogP contribution in [0.15, 0.2) is 35.8 Å². The van der Waals surface area contributed by atoms with Gasteiger partial charge in [0.1, 0.15) is 13.2 Å². The first-order chi connectivity index (χ1) is 14.0. The zero-order valence-corrected chi connectivity index (χ0v) is 17.3. The summed E-state index contributed by atoms with van der Waals surface area (Å²) in [6.45, 7) is 6.58. The molecule has 1 fully saturated rings. The third kappa shape index (κ3) is 6.37. The summed E-state index contributed by atoms with van der Waals surface area (Å²) in [5.41, 5.74) is 0.675. The molecule has 1 aromatic carbocycles. The van der Waals surface area contributed by atoms with Crippen molar-refractivity contribution in [2.75, 3.05) is 40.0 Å². The molecule has 0 aliphatic carbocycles. The van der Waals surface area contributed by atoms with Gasteiger partial charge in [0.25, 0.3) is 11.1 Å². The molecule has 0 unspecified atom stereocenters. The fraction of sp³-hybridized carbons (Fsp3) is 0.350. The number of thioether (sulfide) groups is 1. The van der Waals surface area contributed by atoms with E-state index in [2.05, 4.69) is 11.9 Å². The Morgan fingerprint density at radius 2 is 2.07 bits per heavy atom. The maximum atomic E-state index is 12.5. The summed E-state index contributed by atoms with van der Waals surface area (Å²) in [5, 5.41) is 2.10. The van der Waals surface area contributed by atoms with Crippen molar-refractivity contribution < 1.29 is 28.6 Å².